The minimum absolute atomic E-state index is 0.0505. The summed E-state index contributed by atoms with van der Waals surface area (Å²) in [5.74, 6) is 0.0578. The van der Waals surface area contributed by atoms with Crippen molar-refractivity contribution in [1.82, 2.24) is 15.5 Å². The van der Waals surface area contributed by atoms with E-state index in [-0.39, 0.29) is 28.7 Å². The van der Waals surface area contributed by atoms with E-state index in [9.17, 15) is 13.2 Å². The van der Waals surface area contributed by atoms with Gasteiger partial charge < -0.3 is 5.32 Å². The van der Waals surface area contributed by atoms with Crippen molar-refractivity contribution in [2.75, 3.05) is 11.5 Å². The molecule has 1 aliphatic heterocycles. The van der Waals surface area contributed by atoms with Crippen LogP contribution in [0.25, 0.3) is 0 Å². The van der Waals surface area contributed by atoms with E-state index in [2.05, 4.69) is 15.5 Å². The molecular formula is C9H13N3O3S3. The van der Waals surface area contributed by atoms with Crippen LogP contribution < -0.4 is 5.32 Å². The Morgan fingerprint density at radius 1 is 1.67 bits per heavy atom. The smallest absolute Gasteiger partial charge is 0.233 e. The zero-order valence-electron chi connectivity index (χ0n) is 9.70. The minimum Gasteiger partial charge on any atom is -0.351 e. The van der Waals surface area contributed by atoms with Crippen molar-refractivity contribution in [2.24, 2.45) is 0 Å². The van der Waals surface area contributed by atoms with Gasteiger partial charge in [-0.15, -0.1) is 10.2 Å². The lowest BCUT2D eigenvalue weighted by molar-refractivity contribution is -0.120. The highest BCUT2D eigenvalue weighted by Crippen LogP contribution is 2.24. The van der Waals surface area contributed by atoms with E-state index in [1.54, 1.807) is 12.4 Å². The van der Waals surface area contributed by atoms with Crippen molar-refractivity contribution in [1.29, 1.82) is 0 Å². The number of nitrogens with zero attached hydrogens (tertiary/aromatic N) is 2. The molecule has 6 nitrogen and oxygen atoms in total. The van der Waals surface area contributed by atoms with Crippen LogP contribution in [0.3, 0.4) is 0 Å². The quantitative estimate of drug-likeness (QED) is 0.806. The number of hydrogen-bond acceptors (Lipinski definition) is 7. The first kappa shape index (κ1) is 13.8. The van der Waals surface area contributed by atoms with E-state index in [0.29, 0.717) is 6.42 Å². The molecule has 9 heteroatoms. The van der Waals surface area contributed by atoms with Crippen LogP contribution in [0.5, 0.6) is 0 Å². The monoisotopic (exact) mass is 307 g/mol. The molecule has 0 saturated carbocycles. The van der Waals surface area contributed by atoms with Crippen molar-refractivity contribution < 1.29 is 13.2 Å². The fourth-order valence-corrected chi connectivity index (χ4v) is 4.95. The fraction of sp³-hybridized carbons (Fsp3) is 0.667. The van der Waals surface area contributed by atoms with E-state index in [0.717, 1.165) is 4.34 Å². The highest BCUT2D eigenvalue weighted by Gasteiger charge is 2.30. The molecule has 1 aromatic rings. The van der Waals surface area contributed by atoms with Crippen molar-refractivity contribution >= 4 is 38.8 Å². The summed E-state index contributed by atoms with van der Waals surface area (Å²) in [6.07, 6.45) is 0.504. The molecule has 0 aliphatic carbocycles. The lowest BCUT2D eigenvalue weighted by Crippen LogP contribution is -2.39. The number of hydrogen-bond donors (Lipinski definition) is 1. The highest BCUT2D eigenvalue weighted by molar-refractivity contribution is 8.02. The van der Waals surface area contributed by atoms with Gasteiger partial charge in [-0.2, -0.15) is 0 Å². The SMILES string of the molecule is C[C@@H](Sc1nncs1)C(=O)N[C@H]1CCS(=O)(=O)C1. The number of carbonyl (C=O) groups is 1. The average Bonchev–Trinajstić information content (AvgIpc) is 2.88. The molecule has 1 N–H and O–H groups in total. The molecule has 2 rings (SSSR count). The number of sulfone groups is 1. The van der Waals surface area contributed by atoms with Gasteiger partial charge in [0.15, 0.2) is 14.2 Å². The molecule has 1 aliphatic rings. The molecule has 18 heavy (non-hydrogen) atoms. The summed E-state index contributed by atoms with van der Waals surface area (Å²) in [7, 11) is -2.96. The van der Waals surface area contributed by atoms with Crippen LogP contribution in [0, 0.1) is 0 Å². The van der Waals surface area contributed by atoms with E-state index >= 15 is 0 Å². The normalized spacial score (nSPS) is 23.7. The van der Waals surface area contributed by atoms with E-state index in [1.165, 1.54) is 23.1 Å². The van der Waals surface area contributed by atoms with Crippen molar-refractivity contribution in [2.45, 2.75) is 29.0 Å². The molecule has 2 heterocycles. The van der Waals surface area contributed by atoms with Crippen LogP contribution in [0.15, 0.2) is 9.85 Å². The van der Waals surface area contributed by atoms with Crippen LogP contribution in [0.2, 0.25) is 0 Å². The zero-order chi connectivity index (χ0) is 13.2. The van der Waals surface area contributed by atoms with Gasteiger partial charge in [-0.3, -0.25) is 4.79 Å². The van der Waals surface area contributed by atoms with Gasteiger partial charge in [0.25, 0.3) is 0 Å². The molecule has 1 saturated heterocycles. The second kappa shape index (κ2) is 5.54. The maximum atomic E-state index is 11.9. The van der Waals surface area contributed by atoms with E-state index in [1.807, 2.05) is 0 Å². The number of thioether (sulfide) groups is 1. The third-order valence-electron chi connectivity index (χ3n) is 2.57. The molecule has 0 radical (unpaired) electrons. The zero-order valence-corrected chi connectivity index (χ0v) is 12.1. The standard InChI is InChI=1S/C9H13N3O3S3/c1-6(17-9-12-10-5-16-9)8(13)11-7-2-3-18(14,15)4-7/h5-7H,2-4H2,1H3,(H,11,13)/t6-,7+/m1/s1. The van der Waals surface area contributed by atoms with Crippen LogP contribution in [-0.2, 0) is 14.6 Å². The van der Waals surface area contributed by atoms with Gasteiger partial charge in [0.2, 0.25) is 5.91 Å². The summed E-state index contributed by atoms with van der Waals surface area (Å²) in [4.78, 5) is 11.9. The Hall–Kier alpha value is -0.670. The van der Waals surface area contributed by atoms with Crippen molar-refractivity contribution in [3.63, 3.8) is 0 Å². The number of aromatic nitrogens is 2. The topological polar surface area (TPSA) is 89.0 Å². The predicted molar refractivity (Wildman–Crippen MR) is 70.4 cm³/mol. The number of nitrogens with one attached hydrogen (secondary N) is 1. The second-order valence-electron chi connectivity index (χ2n) is 4.07. The Labute approximate surface area is 113 Å². The average molecular weight is 307 g/mol. The first-order chi connectivity index (χ1) is 8.46. The van der Waals surface area contributed by atoms with Gasteiger partial charge in [-0.05, 0) is 13.3 Å². The molecular weight excluding hydrogens is 294 g/mol. The molecule has 1 amide bonds. The van der Waals surface area contributed by atoms with Gasteiger partial charge in [-0.1, -0.05) is 23.1 Å². The van der Waals surface area contributed by atoms with E-state index in [4.69, 9.17) is 0 Å². The van der Waals surface area contributed by atoms with Crippen LogP contribution in [0.1, 0.15) is 13.3 Å². The largest absolute Gasteiger partial charge is 0.351 e. The lowest BCUT2D eigenvalue weighted by atomic mass is 10.2. The summed E-state index contributed by atoms with van der Waals surface area (Å²) in [5.41, 5.74) is 1.61. The third kappa shape index (κ3) is 3.66. The van der Waals surface area contributed by atoms with Gasteiger partial charge in [-0.25, -0.2) is 8.42 Å². The van der Waals surface area contributed by atoms with Gasteiger partial charge in [0, 0.05) is 6.04 Å². The van der Waals surface area contributed by atoms with Crippen LogP contribution in [0.4, 0.5) is 0 Å². The Kier molecular flexibility index (Phi) is 4.23. The maximum absolute atomic E-state index is 11.9. The molecule has 0 bridgehead atoms. The lowest BCUT2D eigenvalue weighted by Gasteiger charge is -2.14. The van der Waals surface area contributed by atoms with Crippen LogP contribution in [-0.4, -0.2) is 47.3 Å². The molecule has 0 aromatic carbocycles. The second-order valence-corrected chi connectivity index (χ2v) is 8.72. The Morgan fingerprint density at radius 2 is 2.44 bits per heavy atom. The Balaban J connectivity index is 1.85. The first-order valence-electron chi connectivity index (χ1n) is 5.40. The van der Waals surface area contributed by atoms with Gasteiger partial charge >= 0.3 is 0 Å². The number of rotatable bonds is 4. The molecule has 0 spiro atoms. The third-order valence-corrected chi connectivity index (χ3v) is 6.24. The molecule has 1 aromatic heterocycles. The summed E-state index contributed by atoms with van der Waals surface area (Å²) < 4.78 is 23.3. The summed E-state index contributed by atoms with van der Waals surface area (Å²) >= 11 is 2.70. The van der Waals surface area contributed by atoms with E-state index < -0.39 is 9.84 Å². The highest BCUT2D eigenvalue weighted by atomic mass is 32.2. The Bertz CT molecular complexity index is 514. The minimum atomic E-state index is -2.96. The molecule has 2 atom stereocenters. The summed E-state index contributed by atoms with van der Waals surface area (Å²) in [6.45, 7) is 1.77. The van der Waals surface area contributed by atoms with Crippen molar-refractivity contribution in [3.8, 4) is 0 Å². The van der Waals surface area contributed by atoms with Gasteiger partial charge in [0.05, 0.1) is 16.8 Å². The molecule has 0 unspecified atom stereocenters. The first-order valence-corrected chi connectivity index (χ1v) is 8.98. The van der Waals surface area contributed by atoms with Crippen LogP contribution >= 0.6 is 23.1 Å². The Morgan fingerprint density at radius 3 is 3.00 bits per heavy atom. The van der Waals surface area contributed by atoms with Crippen molar-refractivity contribution in [3.05, 3.63) is 5.51 Å². The van der Waals surface area contributed by atoms with Gasteiger partial charge in [0.1, 0.15) is 5.51 Å². The number of amides is 1. The molecule has 1 fully saturated rings. The summed E-state index contributed by atoms with van der Waals surface area (Å²) in [6, 6.07) is -0.250. The predicted octanol–water partition coefficient (Wildman–Crippen LogP) is 0.322. The maximum Gasteiger partial charge on any atom is 0.233 e. The number of carbonyl (C=O) groups excluding carboxylic acids is 1. The summed E-state index contributed by atoms with van der Waals surface area (Å²) in [5, 5.41) is 10.0. The molecule has 100 valence electrons. The fourth-order valence-electron chi connectivity index (χ4n) is 1.65.